The van der Waals surface area contributed by atoms with Gasteiger partial charge in [0.15, 0.2) is 5.65 Å². The van der Waals surface area contributed by atoms with E-state index in [-0.39, 0.29) is 18.6 Å². The molecule has 0 amide bonds. The molecular formula is C22H22N4O4S. The van der Waals surface area contributed by atoms with Gasteiger partial charge in [0, 0.05) is 17.8 Å². The highest BCUT2D eigenvalue weighted by molar-refractivity contribution is 7.84. The molecular weight excluding hydrogens is 416 g/mol. The fourth-order valence-electron chi connectivity index (χ4n) is 4.20. The molecule has 3 N–H and O–H groups in total. The zero-order chi connectivity index (χ0) is 21.4. The van der Waals surface area contributed by atoms with Crippen LogP contribution in [-0.2, 0) is 14.5 Å². The Morgan fingerprint density at radius 2 is 1.94 bits per heavy atom. The molecule has 31 heavy (non-hydrogen) atoms. The van der Waals surface area contributed by atoms with Crippen LogP contribution in [0, 0.1) is 5.92 Å². The number of benzene rings is 2. The van der Waals surface area contributed by atoms with Crippen molar-refractivity contribution in [3.63, 3.8) is 0 Å². The van der Waals surface area contributed by atoms with E-state index < -0.39 is 10.3 Å². The second-order valence-corrected chi connectivity index (χ2v) is 9.04. The molecule has 8 nitrogen and oxygen atoms in total. The summed E-state index contributed by atoms with van der Waals surface area (Å²) in [6, 6.07) is 16.1. The van der Waals surface area contributed by atoms with Crippen LogP contribution in [0.4, 0.5) is 0 Å². The summed E-state index contributed by atoms with van der Waals surface area (Å²) in [5.41, 5.74) is 2.34. The van der Waals surface area contributed by atoms with Gasteiger partial charge in [-0.1, -0.05) is 42.5 Å². The smallest absolute Gasteiger partial charge is 0.333 e. The normalized spacial score (nSPS) is 19.3. The van der Waals surface area contributed by atoms with E-state index in [9.17, 15) is 8.42 Å². The summed E-state index contributed by atoms with van der Waals surface area (Å²) < 4.78 is 33.0. The standard InChI is InChI=1S/C22H22N4O4S/c23-31(27,28)29-13-14-8-9-16(12-14)30-19-10-11-24-22-20(19)25-21(26-22)18-7-3-5-15-4-1-2-6-17(15)18/h1-7,10-11,14,16H,8-9,12-13H2,(H2,23,27,28)(H,24,25,26)/t14-,16?/m0/s1. The third-order valence-corrected chi connectivity index (χ3v) is 6.12. The van der Waals surface area contributed by atoms with Crippen molar-refractivity contribution in [2.75, 3.05) is 6.61 Å². The van der Waals surface area contributed by atoms with Crippen LogP contribution in [0.1, 0.15) is 19.3 Å². The Morgan fingerprint density at radius 3 is 2.81 bits per heavy atom. The lowest BCUT2D eigenvalue weighted by atomic mass is 10.0. The number of rotatable bonds is 6. The molecule has 1 aliphatic rings. The van der Waals surface area contributed by atoms with Crippen LogP contribution in [-0.4, -0.2) is 36.1 Å². The van der Waals surface area contributed by atoms with Crippen LogP contribution in [0.5, 0.6) is 5.75 Å². The lowest BCUT2D eigenvalue weighted by molar-refractivity contribution is 0.193. The zero-order valence-corrected chi connectivity index (χ0v) is 17.5. The van der Waals surface area contributed by atoms with Crippen molar-refractivity contribution in [3.8, 4) is 17.1 Å². The van der Waals surface area contributed by atoms with Crippen molar-refractivity contribution in [2.45, 2.75) is 25.4 Å². The van der Waals surface area contributed by atoms with Crippen molar-refractivity contribution in [1.82, 2.24) is 15.0 Å². The van der Waals surface area contributed by atoms with Crippen LogP contribution in [0.3, 0.4) is 0 Å². The predicted molar refractivity (Wildman–Crippen MR) is 118 cm³/mol. The molecule has 2 heterocycles. The molecule has 1 saturated carbocycles. The number of pyridine rings is 1. The number of nitrogens with one attached hydrogen (secondary N) is 1. The molecule has 1 aliphatic carbocycles. The summed E-state index contributed by atoms with van der Waals surface area (Å²) in [7, 11) is -3.92. The molecule has 2 aromatic heterocycles. The number of fused-ring (bicyclic) bond motifs is 2. The van der Waals surface area contributed by atoms with Gasteiger partial charge in [-0.3, -0.25) is 4.18 Å². The van der Waals surface area contributed by atoms with Crippen LogP contribution < -0.4 is 9.88 Å². The fraction of sp³-hybridized carbons (Fsp3) is 0.273. The molecule has 0 radical (unpaired) electrons. The highest BCUT2D eigenvalue weighted by atomic mass is 32.2. The maximum atomic E-state index is 11.0. The van der Waals surface area contributed by atoms with E-state index in [2.05, 4.69) is 28.2 Å². The molecule has 0 aliphatic heterocycles. The number of hydrogen-bond donors (Lipinski definition) is 2. The van der Waals surface area contributed by atoms with E-state index in [1.54, 1.807) is 6.20 Å². The molecule has 9 heteroatoms. The quantitative estimate of drug-likeness (QED) is 0.475. The van der Waals surface area contributed by atoms with Gasteiger partial charge in [0.25, 0.3) is 0 Å². The predicted octanol–water partition coefficient (Wildman–Crippen LogP) is 3.55. The van der Waals surface area contributed by atoms with Crippen molar-refractivity contribution >= 4 is 32.2 Å². The van der Waals surface area contributed by atoms with E-state index >= 15 is 0 Å². The Hall–Kier alpha value is -3.01. The molecule has 2 atom stereocenters. The number of ether oxygens (including phenoxy) is 1. The number of hydrogen-bond acceptors (Lipinski definition) is 6. The maximum Gasteiger partial charge on any atom is 0.333 e. The molecule has 2 aromatic carbocycles. The third-order valence-electron chi connectivity index (χ3n) is 5.65. The SMILES string of the molecule is NS(=O)(=O)OC[C@H]1CCC(Oc2ccnc3nc(-c4cccc5ccccc45)[nH]c23)C1. The van der Waals surface area contributed by atoms with E-state index in [0.29, 0.717) is 17.8 Å². The first-order chi connectivity index (χ1) is 15.0. The zero-order valence-electron chi connectivity index (χ0n) is 16.7. The number of nitrogens with zero attached hydrogens (tertiary/aromatic N) is 2. The number of H-pyrrole nitrogens is 1. The van der Waals surface area contributed by atoms with Gasteiger partial charge in [-0.05, 0) is 36.0 Å². The first-order valence-corrected chi connectivity index (χ1v) is 11.6. The second kappa shape index (κ2) is 7.92. The van der Waals surface area contributed by atoms with Gasteiger partial charge in [0.2, 0.25) is 0 Å². The van der Waals surface area contributed by atoms with Gasteiger partial charge in [-0.15, -0.1) is 0 Å². The summed E-state index contributed by atoms with van der Waals surface area (Å²) in [5.74, 6) is 1.51. The Bertz CT molecular complexity index is 1350. The van der Waals surface area contributed by atoms with Gasteiger partial charge in [-0.25, -0.2) is 15.1 Å². The summed E-state index contributed by atoms with van der Waals surface area (Å²) in [6.45, 7) is 0.0831. The number of aromatic nitrogens is 3. The van der Waals surface area contributed by atoms with Crippen LogP contribution in [0.25, 0.3) is 33.3 Å². The Labute approximate surface area is 179 Å². The topological polar surface area (TPSA) is 120 Å². The number of nitrogens with two attached hydrogens (primary N) is 1. The minimum Gasteiger partial charge on any atom is -0.488 e. The number of aromatic amines is 1. The van der Waals surface area contributed by atoms with Crippen molar-refractivity contribution in [2.24, 2.45) is 11.1 Å². The summed E-state index contributed by atoms with van der Waals surface area (Å²) in [4.78, 5) is 12.5. The molecule has 0 spiro atoms. The summed E-state index contributed by atoms with van der Waals surface area (Å²) in [5, 5.41) is 7.17. The van der Waals surface area contributed by atoms with E-state index in [1.807, 2.05) is 30.3 Å². The Balaban J connectivity index is 1.39. The Morgan fingerprint density at radius 1 is 1.10 bits per heavy atom. The average Bonchev–Trinajstić information content (AvgIpc) is 3.39. The largest absolute Gasteiger partial charge is 0.488 e. The first-order valence-electron chi connectivity index (χ1n) is 10.1. The van der Waals surface area contributed by atoms with Crippen molar-refractivity contribution in [3.05, 3.63) is 54.7 Å². The summed E-state index contributed by atoms with van der Waals surface area (Å²) >= 11 is 0. The van der Waals surface area contributed by atoms with E-state index in [1.165, 1.54) is 0 Å². The molecule has 5 rings (SSSR count). The monoisotopic (exact) mass is 438 g/mol. The highest BCUT2D eigenvalue weighted by Gasteiger charge is 2.28. The molecule has 1 unspecified atom stereocenters. The second-order valence-electron chi connectivity index (χ2n) is 7.82. The average molecular weight is 439 g/mol. The van der Waals surface area contributed by atoms with Crippen molar-refractivity contribution < 1.29 is 17.3 Å². The van der Waals surface area contributed by atoms with Crippen LogP contribution in [0.15, 0.2) is 54.7 Å². The maximum absolute atomic E-state index is 11.0. The Kier molecular flexibility index (Phi) is 5.09. The molecule has 0 bridgehead atoms. The van der Waals surface area contributed by atoms with Gasteiger partial charge >= 0.3 is 10.3 Å². The lowest BCUT2D eigenvalue weighted by Crippen LogP contribution is -2.20. The summed E-state index contributed by atoms with van der Waals surface area (Å²) in [6.07, 6.45) is 3.97. The lowest BCUT2D eigenvalue weighted by Gasteiger charge is -2.14. The fourth-order valence-corrected chi connectivity index (χ4v) is 4.59. The van der Waals surface area contributed by atoms with Gasteiger partial charge in [0.05, 0.1) is 12.7 Å². The van der Waals surface area contributed by atoms with Gasteiger partial charge in [-0.2, -0.15) is 8.42 Å². The number of imidazole rings is 1. The molecule has 160 valence electrons. The van der Waals surface area contributed by atoms with Crippen molar-refractivity contribution in [1.29, 1.82) is 0 Å². The van der Waals surface area contributed by atoms with Gasteiger partial charge < -0.3 is 9.72 Å². The minimum absolute atomic E-state index is 0.0380. The van der Waals surface area contributed by atoms with E-state index in [4.69, 9.17) is 19.0 Å². The third kappa shape index (κ3) is 4.25. The van der Waals surface area contributed by atoms with Crippen LogP contribution >= 0.6 is 0 Å². The molecule has 4 aromatic rings. The molecule has 1 fully saturated rings. The first kappa shape index (κ1) is 19.9. The minimum atomic E-state index is -3.92. The van der Waals surface area contributed by atoms with Crippen LogP contribution in [0.2, 0.25) is 0 Å². The highest BCUT2D eigenvalue weighted by Crippen LogP contribution is 2.34. The van der Waals surface area contributed by atoms with Gasteiger partial charge in [0.1, 0.15) is 17.1 Å². The van der Waals surface area contributed by atoms with E-state index in [0.717, 1.165) is 40.5 Å². The molecule has 0 saturated heterocycles.